The summed E-state index contributed by atoms with van der Waals surface area (Å²) in [7, 11) is 1.71. The Hall–Kier alpha value is -1.91. The first-order valence-electron chi connectivity index (χ1n) is 7.88. The molecule has 2 amide bonds. The molecule has 1 aromatic rings. The lowest BCUT2D eigenvalue weighted by atomic mass is 9.92. The normalized spacial score (nSPS) is 25.7. The zero-order valence-corrected chi connectivity index (χ0v) is 12.7. The Morgan fingerprint density at radius 3 is 2.50 bits per heavy atom. The summed E-state index contributed by atoms with van der Waals surface area (Å²) in [5.74, 6) is -0.814. The molecule has 2 atom stereocenters. The van der Waals surface area contributed by atoms with Gasteiger partial charge in [0.15, 0.2) is 0 Å². The molecule has 22 heavy (non-hydrogen) atoms. The second-order valence-corrected chi connectivity index (χ2v) is 6.30. The molecular weight excluding hydrogens is 283 g/mol. The number of nitrogens with one attached hydrogen (secondary N) is 1. The molecule has 118 valence electrons. The van der Waals surface area contributed by atoms with E-state index in [1.54, 1.807) is 24.1 Å². The molecule has 2 aliphatic rings. The Labute approximate surface area is 129 Å². The third-order valence-corrected chi connectivity index (χ3v) is 4.84. The fraction of sp³-hybridized carbons (Fsp3) is 0.529. The third kappa shape index (κ3) is 2.85. The van der Waals surface area contributed by atoms with E-state index >= 15 is 0 Å². The Balaban J connectivity index is 1.79. The number of likely N-dealkylation sites (tertiary alicyclic amines) is 1. The summed E-state index contributed by atoms with van der Waals surface area (Å²) >= 11 is 0. The molecule has 0 bridgehead atoms. The average Bonchev–Trinajstić information content (AvgIpc) is 3.10. The lowest BCUT2D eigenvalue weighted by Gasteiger charge is -2.26. The second-order valence-electron chi connectivity index (χ2n) is 6.30. The molecule has 2 unspecified atom stereocenters. The van der Waals surface area contributed by atoms with E-state index in [4.69, 9.17) is 0 Å². The van der Waals surface area contributed by atoms with Crippen LogP contribution in [0.5, 0.6) is 0 Å². The topological polar surface area (TPSA) is 49.4 Å². The van der Waals surface area contributed by atoms with Crippen LogP contribution in [0.15, 0.2) is 24.3 Å². The van der Waals surface area contributed by atoms with E-state index < -0.39 is 5.92 Å². The zero-order chi connectivity index (χ0) is 15.7. The quantitative estimate of drug-likeness (QED) is 0.932. The van der Waals surface area contributed by atoms with Crippen molar-refractivity contribution in [2.45, 2.75) is 44.2 Å². The molecule has 3 rings (SSSR count). The predicted molar refractivity (Wildman–Crippen MR) is 80.4 cm³/mol. The maximum absolute atomic E-state index is 13.1. The first-order chi connectivity index (χ1) is 10.6. The molecule has 5 heteroatoms. The maximum Gasteiger partial charge on any atom is 0.226 e. The third-order valence-electron chi connectivity index (χ3n) is 4.84. The van der Waals surface area contributed by atoms with Gasteiger partial charge in [-0.05, 0) is 30.5 Å². The van der Waals surface area contributed by atoms with Crippen LogP contribution in [-0.4, -0.2) is 29.8 Å². The van der Waals surface area contributed by atoms with Gasteiger partial charge >= 0.3 is 0 Å². The van der Waals surface area contributed by atoms with Crippen LogP contribution in [0.25, 0.3) is 0 Å². The number of nitrogens with zero attached hydrogens (tertiary/aromatic N) is 1. The van der Waals surface area contributed by atoms with Gasteiger partial charge in [-0.25, -0.2) is 4.39 Å². The molecule has 1 saturated carbocycles. The molecule has 0 spiro atoms. The van der Waals surface area contributed by atoms with Crippen LogP contribution in [0, 0.1) is 11.7 Å². The second kappa shape index (κ2) is 6.07. The van der Waals surface area contributed by atoms with E-state index in [0.29, 0.717) is 0 Å². The van der Waals surface area contributed by atoms with Gasteiger partial charge in [0.1, 0.15) is 5.82 Å². The van der Waals surface area contributed by atoms with Crippen LogP contribution >= 0.6 is 0 Å². The van der Waals surface area contributed by atoms with E-state index in [1.807, 2.05) is 0 Å². The minimum Gasteiger partial charge on any atom is -0.353 e. The van der Waals surface area contributed by atoms with Gasteiger partial charge in [-0.1, -0.05) is 25.0 Å². The van der Waals surface area contributed by atoms with Crippen molar-refractivity contribution >= 4 is 11.8 Å². The maximum atomic E-state index is 13.1. The Morgan fingerprint density at radius 2 is 1.86 bits per heavy atom. The predicted octanol–water partition coefficient (Wildman–Crippen LogP) is 2.40. The van der Waals surface area contributed by atoms with Crippen molar-refractivity contribution in [2.24, 2.45) is 5.92 Å². The fourth-order valence-electron chi connectivity index (χ4n) is 3.60. The molecule has 1 N–H and O–H groups in total. The molecule has 2 fully saturated rings. The summed E-state index contributed by atoms with van der Waals surface area (Å²) in [5.41, 5.74) is 0.807. The highest BCUT2D eigenvalue weighted by Crippen LogP contribution is 2.37. The number of amides is 2. The van der Waals surface area contributed by atoms with Gasteiger partial charge in [-0.2, -0.15) is 0 Å². The van der Waals surface area contributed by atoms with Gasteiger partial charge in [0, 0.05) is 19.5 Å². The van der Waals surface area contributed by atoms with Crippen molar-refractivity contribution in [1.82, 2.24) is 10.2 Å². The lowest BCUT2D eigenvalue weighted by molar-refractivity contribution is -0.128. The largest absolute Gasteiger partial charge is 0.353 e. The monoisotopic (exact) mass is 304 g/mol. The van der Waals surface area contributed by atoms with Crippen LogP contribution in [0.3, 0.4) is 0 Å². The number of hydrogen-bond acceptors (Lipinski definition) is 2. The van der Waals surface area contributed by atoms with Crippen molar-refractivity contribution < 1.29 is 14.0 Å². The van der Waals surface area contributed by atoms with Crippen molar-refractivity contribution in [2.75, 3.05) is 7.05 Å². The van der Waals surface area contributed by atoms with E-state index in [1.165, 1.54) is 12.1 Å². The first kappa shape index (κ1) is 15.0. The molecule has 1 aliphatic carbocycles. The SMILES string of the molecule is CN1C(=O)CC(C(=O)NC2CCCC2)C1c1ccc(F)cc1. The molecule has 1 saturated heterocycles. The van der Waals surface area contributed by atoms with Gasteiger partial charge in [-0.15, -0.1) is 0 Å². The first-order valence-corrected chi connectivity index (χ1v) is 7.88. The molecule has 4 nitrogen and oxygen atoms in total. The highest BCUT2D eigenvalue weighted by molar-refractivity contribution is 5.90. The Bertz CT molecular complexity index is 567. The van der Waals surface area contributed by atoms with E-state index in [0.717, 1.165) is 31.2 Å². The minimum absolute atomic E-state index is 0.0408. The van der Waals surface area contributed by atoms with E-state index in [2.05, 4.69) is 5.32 Å². The molecule has 1 aromatic carbocycles. The molecular formula is C17H21FN2O2. The summed E-state index contributed by atoms with van der Waals surface area (Å²) in [6, 6.07) is 5.99. The number of benzene rings is 1. The van der Waals surface area contributed by atoms with E-state index in [-0.39, 0.29) is 36.1 Å². The van der Waals surface area contributed by atoms with Crippen molar-refractivity contribution in [3.63, 3.8) is 0 Å². The van der Waals surface area contributed by atoms with E-state index in [9.17, 15) is 14.0 Å². The van der Waals surface area contributed by atoms with Gasteiger partial charge in [0.25, 0.3) is 0 Å². The molecule has 1 heterocycles. The minimum atomic E-state index is -0.399. The van der Waals surface area contributed by atoms with Crippen LogP contribution in [0.4, 0.5) is 4.39 Å². The number of halogens is 1. The van der Waals surface area contributed by atoms with Crippen LogP contribution in [0.2, 0.25) is 0 Å². The highest BCUT2D eigenvalue weighted by Gasteiger charge is 2.43. The Kier molecular flexibility index (Phi) is 4.14. The summed E-state index contributed by atoms with van der Waals surface area (Å²) < 4.78 is 13.1. The Morgan fingerprint density at radius 1 is 1.23 bits per heavy atom. The smallest absolute Gasteiger partial charge is 0.226 e. The molecule has 0 radical (unpaired) electrons. The van der Waals surface area contributed by atoms with Gasteiger partial charge in [-0.3, -0.25) is 9.59 Å². The summed E-state index contributed by atoms with van der Waals surface area (Å²) in [5, 5.41) is 3.08. The van der Waals surface area contributed by atoms with Crippen LogP contribution < -0.4 is 5.32 Å². The average molecular weight is 304 g/mol. The number of hydrogen-bond donors (Lipinski definition) is 1. The van der Waals surface area contributed by atoms with Crippen molar-refractivity contribution in [3.05, 3.63) is 35.6 Å². The lowest BCUT2D eigenvalue weighted by Crippen LogP contribution is -2.39. The number of rotatable bonds is 3. The molecule has 1 aliphatic heterocycles. The van der Waals surface area contributed by atoms with Gasteiger partial charge in [0.2, 0.25) is 11.8 Å². The van der Waals surface area contributed by atoms with Crippen LogP contribution in [0.1, 0.15) is 43.7 Å². The zero-order valence-electron chi connectivity index (χ0n) is 12.7. The number of carbonyl (C=O) groups excluding carboxylic acids is 2. The summed E-state index contributed by atoms with van der Waals surface area (Å²) in [4.78, 5) is 26.2. The van der Waals surface area contributed by atoms with Crippen LogP contribution in [-0.2, 0) is 9.59 Å². The van der Waals surface area contributed by atoms with Gasteiger partial charge < -0.3 is 10.2 Å². The van der Waals surface area contributed by atoms with Crippen molar-refractivity contribution in [1.29, 1.82) is 0 Å². The standard InChI is InChI=1S/C17H21FN2O2/c1-20-15(21)10-14(17(22)19-13-4-2-3-5-13)16(20)11-6-8-12(18)9-7-11/h6-9,13-14,16H,2-5,10H2,1H3,(H,19,22). The summed E-state index contributed by atoms with van der Waals surface area (Å²) in [6.07, 6.45) is 4.55. The highest BCUT2D eigenvalue weighted by atomic mass is 19.1. The van der Waals surface area contributed by atoms with Gasteiger partial charge in [0.05, 0.1) is 12.0 Å². The number of carbonyl (C=O) groups is 2. The molecule has 0 aromatic heterocycles. The summed E-state index contributed by atoms with van der Waals surface area (Å²) in [6.45, 7) is 0. The fourth-order valence-corrected chi connectivity index (χ4v) is 3.60. The van der Waals surface area contributed by atoms with Crippen molar-refractivity contribution in [3.8, 4) is 0 Å².